The fraction of sp³-hybridized carbons (Fsp3) is 0.174. The van der Waals surface area contributed by atoms with E-state index in [9.17, 15) is 23.9 Å². The maximum Gasteiger partial charge on any atom is 0.346 e. The van der Waals surface area contributed by atoms with Gasteiger partial charge >= 0.3 is 11.7 Å². The Labute approximate surface area is 184 Å². The molecule has 0 unspecified atom stereocenters. The van der Waals surface area contributed by atoms with Gasteiger partial charge in [0.25, 0.3) is 5.56 Å². The molecule has 32 heavy (non-hydrogen) atoms. The van der Waals surface area contributed by atoms with E-state index in [4.69, 9.17) is 4.74 Å². The van der Waals surface area contributed by atoms with Gasteiger partial charge in [0.15, 0.2) is 0 Å². The third-order valence-corrected chi connectivity index (χ3v) is 6.75. The summed E-state index contributed by atoms with van der Waals surface area (Å²) < 4.78 is 21.7. The predicted molar refractivity (Wildman–Crippen MR) is 118 cm³/mol. The molecule has 9 heteroatoms. The van der Waals surface area contributed by atoms with E-state index in [0.717, 1.165) is 42.2 Å². The van der Waals surface area contributed by atoms with Gasteiger partial charge in [0.05, 0.1) is 16.6 Å². The Morgan fingerprint density at radius 1 is 1.16 bits per heavy atom. The number of H-pyrrole nitrogens is 1. The Morgan fingerprint density at radius 3 is 2.56 bits per heavy atom. The van der Waals surface area contributed by atoms with Crippen LogP contribution >= 0.6 is 11.3 Å². The van der Waals surface area contributed by atoms with Crippen molar-refractivity contribution < 1.29 is 19.0 Å². The van der Waals surface area contributed by atoms with Crippen LogP contribution in [0.5, 0.6) is 5.75 Å². The molecule has 7 nitrogen and oxygen atoms in total. The van der Waals surface area contributed by atoms with Gasteiger partial charge in [0.2, 0.25) is 0 Å². The highest BCUT2D eigenvalue weighted by atomic mass is 32.1. The zero-order chi connectivity index (χ0) is 22.5. The van der Waals surface area contributed by atoms with Crippen molar-refractivity contribution in [2.75, 3.05) is 0 Å². The number of thiophene rings is 1. The average molecular weight is 452 g/mol. The molecule has 4 aromatic rings. The number of carboxylic acids is 1. The number of fused-ring (bicyclic) bond motifs is 1. The second kappa shape index (κ2) is 7.45. The first-order valence-corrected chi connectivity index (χ1v) is 10.8. The van der Waals surface area contributed by atoms with Crippen molar-refractivity contribution in [1.29, 1.82) is 0 Å². The fourth-order valence-electron chi connectivity index (χ4n) is 4.06. The number of rotatable bonds is 5. The molecule has 2 heterocycles. The molecule has 0 spiro atoms. The minimum atomic E-state index is -1.30. The average Bonchev–Trinajstić information content (AvgIpc) is 3.17. The first kappa shape index (κ1) is 20.2. The van der Waals surface area contributed by atoms with Gasteiger partial charge in [-0.25, -0.2) is 18.5 Å². The molecule has 1 aliphatic carbocycles. The number of aromatic amines is 1. The molecule has 162 valence electrons. The van der Waals surface area contributed by atoms with E-state index >= 15 is 0 Å². The molecule has 1 fully saturated rings. The summed E-state index contributed by atoms with van der Waals surface area (Å²) in [5, 5.41) is 10.6. The lowest BCUT2D eigenvalue weighted by Gasteiger charge is -2.42. The van der Waals surface area contributed by atoms with Crippen molar-refractivity contribution in [3.8, 4) is 11.4 Å². The fourth-order valence-corrected chi connectivity index (χ4v) is 4.88. The quantitative estimate of drug-likeness (QED) is 0.476. The summed E-state index contributed by atoms with van der Waals surface area (Å²) >= 11 is 0.820. The van der Waals surface area contributed by atoms with Gasteiger partial charge in [-0.2, -0.15) is 0 Å². The van der Waals surface area contributed by atoms with Gasteiger partial charge in [-0.1, -0.05) is 30.3 Å². The molecule has 0 bridgehead atoms. The molecule has 1 aliphatic rings. The summed E-state index contributed by atoms with van der Waals surface area (Å²) in [4.78, 5) is 39.4. The number of carboxylic acid groups (broad SMARTS) is 1. The van der Waals surface area contributed by atoms with E-state index in [1.54, 1.807) is 0 Å². The molecule has 0 radical (unpaired) electrons. The molecular weight excluding hydrogens is 435 g/mol. The van der Waals surface area contributed by atoms with E-state index in [-0.39, 0.29) is 21.5 Å². The standard InChI is InChI=1S/C23H17FN2O5S/c24-15-8-7-14(31-23(9-4-10-23)13-5-2-1-3-6-13)11-17(15)26-20(27)18-16(25-22(26)30)12-32-19(18)21(28)29/h1-3,5-8,11-12H,4,9-10H2,(H,25,30)(H,28,29). The molecule has 2 N–H and O–H groups in total. The molecule has 0 saturated heterocycles. The number of nitrogens with zero attached hydrogens (tertiary/aromatic N) is 1. The molecule has 1 saturated carbocycles. The largest absolute Gasteiger partial charge is 0.483 e. The number of hydrogen-bond donors (Lipinski definition) is 2. The molecule has 5 rings (SSSR count). The van der Waals surface area contributed by atoms with Crippen LogP contribution in [0.3, 0.4) is 0 Å². The van der Waals surface area contributed by atoms with Crippen LogP contribution in [-0.2, 0) is 5.60 Å². The van der Waals surface area contributed by atoms with Crippen molar-refractivity contribution in [3.63, 3.8) is 0 Å². The van der Waals surface area contributed by atoms with Gasteiger partial charge < -0.3 is 14.8 Å². The van der Waals surface area contributed by atoms with Crippen LogP contribution in [0.2, 0.25) is 0 Å². The lowest BCUT2D eigenvalue weighted by molar-refractivity contribution is -0.0122. The van der Waals surface area contributed by atoms with Gasteiger partial charge in [-0.3, -0.25) is 4.79 Å². The number of nitrogens with one attached hydrogen (secondary N) is 1. The predicted octanol–water partition coefficient (Wildman–Crippen LogP) is 4.04. The molecule has 0 aliphatic heterocycles. The maximum absolute atomic E-state index is 14.8. The topological polar surface area (TPSA) is 101 Å². The number of aromatic nitrogens is 2. The smallest absolute Gasteiger partial charge is 0.346 e. The summed E-state index contributed by atoms with van der Waals surface area (Å²) in [6.45, 7) is 0. The molecule has 0 atom stereocenters. The number of hydrogen-bond acceptors (Lipinski definition) is 5. The normalized spacial score (nSPS) is 14.8. The Kier molecular flexibility index (Phi) is 4.70. The monoisotopic (exact) mass is 452 g/mol. The third-order valence-electron chi connectivity index (χ3n) is 5.78. The van der Waals surface area contributed by atoms with E-state index in [1.165, 1.54) is 17.5 Å². The van der Waals surface area contributed by atoms with Crippen LogP contribution in [0.15, 0.2) is 63.5 Å². The number of carbonyl (C=O) groups is 1. The Bertz CT molecular complexity index is 1470. The van der Waals surface area contributed by atoms with Crippen LogP contribution in [-0.4, -0.2) is 20.6 Å². The van der Waals surface area contributed by atoms with Crippen molar-refractivity contribution in [1.82, 2.24) is 9.55 Å². The highest BCUT2D eigenvalue weighted by Crippen LogP contribution is 2.45. The van der Waals surface area contributed by atoms with Crippen molar-refractivity contribution >= 4 is 28.2 Å². The maximum atomic E-state index is 14.8. The zero-order valence-electron chi connectivity index (χ0n) is 16.6. The van der Waals surface area contributed by atoms with Crippen molar-refractivity contribution in [2.24, 2.45) is 0 Å². The van der Waals surface area contributed by atoms with Gasteiger partial charge in [0.1, 0.15) is 22.0 Å². The second-order valence-electron chi connectivity index (χ2n) is 7.66. The summed E-state index contributed by atoms with van der Waals surface area (Å²) in [5.41, 5.74) is -1.53. The van der Waals surface area contributed by atoms with Crippen LogP contribution in [0.4, 0.5) is 4.39 Å². The number of benzene rings is 2. The van der Waals surface area contributed by atoms with E-state index in [2.05, 4.69) is 4.98 Å². The van der Waals surface area contributed by atoms with Crippen molar-refractivity contribution in [2.45, 2.75) is 24.9 Å². The summed E-state index contributed by atoms with van der Waals surface area (Å²) in [6.07, 6.45) is 2.55. The lowest BCUT2D eigenvalue weighted by atomic mass is 9.75. The van der Waals surface area contributed by atoms with Crippen LogP contribution in [0.25, 0.3) is 16.6 Å². The van der Waals surface area contributed by atoms with Crippen LogP contribution < -0.4 is 16.0 Å². The first-order valence-electron chi connectivity index (χ1n) is 9.94. The highest BCUT2D eigenvalue weighted by Gasteiger charge is 2.41. The SMILES string of the molecule is O=C(O)c1scc2[nH]c(=O)n(-c3cc(OC4(c5ccccc5)CCC4)ccc3F)c(=O)c12. The number of ether oxygens (including phenoxy) is 1. The third kappa shape index (κ3) is 3.13. The van der Waals surface area contributed by atoms with E-state index in [1.807, 2.05) is 30.3 Å². The Hall–Kier alpha value is -3.72. The lowest BCUT2D eigenvalue weighted by Crippen LogP contribution is -2.40. The zero-order valence-corrected chi connectivity index (χ0v) is 17.4. The minimum absolute atomic E-state index is 0.101. The summed E-state index contributed by atoms with van der Waals surface area (Å²) in [5.74, 6) is -1.80. The van der Waals surface area contributed by atoms with Crippen LogP contribution in [0.1, 0.15) is 34.5 Å². The van der Waals surface area contributed by atoms with E-state index < -0.39 is 28.6 Å². The Balaban J connectivity index is 1.63. The van der Waals surface area contributed by atoms with Gasteiger partial charge in [0, 0.05) is 11.4 Å². The number of halogens is 1. The van der Waals surface area contributed by atoms with Crippen LogP contribution in [0, 0.1) is 5.82 Å². The minimum Gasteiger partial charge on any atom is -0.483 e. The molecule has 0 amide bonds. The molecule has 2 aromatic heterocycles. The Morgan fingerprint density at radius 2 is 1.91 bits per heavy atom. The summed E-state index contributed by atoms with van der Waals surface area (Å²) in [6, 6.07) is 13.6. The van der Waals surface area contributed by atoms with Gasteiger partial charge in [-0.05, 0) is 37.0 Å². The van der Waals surface area contributed by atoms with E-state index in [0.29, 0.717) is 10.3 Å². The number of aromatic carboxylic acids is 1. The molecular formula is C23H17FN2O5S. The molecule has 2 aromatic carbocycles. The first-order chi connectivity index (χ1) is 15.4. The second-order valence-corrected chi connectivity index (χ2v) is 8.54. The highest BCUT2D eigenvalue weighted by molar-refractivity contribution is 7.13. The summed E-state index contributed by atoms with van der Waals surface area (Å²) in [7, 11) is 0. The van der Waals surface area contributed by atoms with Gasteiger partial charge in [-0.15, -0.1) is 11.3 Å². The van der Waals surface area contributed by atoms with Crippen molar-refractivity contribution in [3.05, 3.63) is 91.0 Å².